The second-order valence-corrected chi connectivity index (χ2v) is 10.0. The number of hydrogen-bond donors (Lipinski definition) is 0. The highest BCUT2D eigenvalue weighted by Gasteiger charge is 2.32. The Morgan fingerprint density at radius 2 is 1.63 bits per heavy atom. The van der Waals surface area contributed by atoms with Crippen molar-refractivity contribution in [3.63, 3.8) is 0 Å². The number of thiophene rings is 1. The van der Waals surface area contributed by atoms with Crippen LogP contribution in [0, 0.1) is 11.6 Å². The SMILES string of the molecule is O=C(CN1CCc2sccc2C1c1cccc(F)c1)N1CCCN(C(=O)c2cccc(F)c2)CC1. The smallest absolute Gasteiger partial charge is 0.254 e. The lowest BCUT2D eigenvalue weighted by atomic mass is 9.93. The maximum absolute atomic E-state index is 14.1. The van der Waals surface area contributed by atoms with Gasteiger partial charge in [-0.1, -0.05) is 18.2 Å². The average molecular weight is 496 g/mol. The molecule has 1 aromatic heterocycles. The molecule has 2 aromatic carbocycles. The van der Waals surface area contributed by atoms with Crippen LogP contribution in [0.2, 0.25) is 0 Å². The molecule has 3 aromatic rings. The Morgan fingerprint density at radius 1 is 0.886 bits per heavy atom. The normalized spacial score (nSPS) is 18.7. The maximum Gasteiger partial charge on any atom is 0.254 e. The molecule has 5 rings (SSSR count). The lowest BCUT2D eigenvalue weighted by Gasteiger charge is -2.37. The van der Waals surface area contributed by atoms with Crippen LogP contribution in [-0.2, 0) is 11.2 Å². The monoisotopic (exact) mass is 495 g/mol. The van der Waals surface area contributed by atoms with Gasteiger partial charge in [0.15, 0.2) is 0 Å². The van der Waals surface area contributed by atoms with Crippen LogP contribution in [0.4, 0.5) is 8.78 Å². The van der Waals surface area contributed by atoms with E-state index in [-0.39, 0.29) is 30.2 Å². The van der Waals surface area contributed by atoms with Gasteiger partial charge in [0.1, 0.15) is 11.6 Å². The number of fused-ring (bicyclic) bond motifs is 1. The summed E-state index contributed by atoms with van der Waals surface area (Å²) < 4.78 is 27.6. The largest absolute Gasteiger partial charge is 0.340 e. The van der Waals surface area contributed by atoms with Gasteiger partial charge in [0.2, 0.25) is 5.91 Å². The van der Waals surface area contributed by atoms with Gasteiger partial charge in [-0.05, 0) is 65.7 Å². The van der Waals surface area contributed by atoms with Crippen molar-refractivity contribution in [3.8, 4) is 0 Å². The maximum atomic E-state index is 14.1. The van der Waals surface area contributed by atoms with Crippen molar-refractivity contribution in [1.29, 1.82) is 0 Å². The topological polar surface area (TPSA) is 43.9 Å². The Bertz CT molecular complexity index is 1230. The number of rotatable bonds is 4. The third-order valence-corrected chi connectivity index (χ3v) is 7.77. The molecule has 0 N–H and O–H groups in total. The molecule has 182 valence electrons. The molecule has 2 aliphatic heterocycles. The summed E-state index contributed by atoms with van der Waals surface area (Å²) in [6.07, 6.45) is 1.52. The first-order chi connectivity index (χ1) is 17.0. The quantitative estimate of drug-likeness (QED) is 0.541. The fourth-order valence-electron chi connectivity index (χ4n) is 5.05. The van der Waals surface area contributed by atoms with E-state index in [2.05, 4.69) is 16.3 Å². The van der Waals surface area contributed by atoms with Crippen LogP contribution in [0.25, 0.3) is 0 Å². The van der Waals surface area contributed by atoms with Gasteiger partial charge in [0.25, 0.3) is 5.91 Å². The zero-order valence-corrected chi connectivity index (χ0v) is 20.1. The third kappa shape index (κ3) is 5.13. The van der Waals surface area contributed by atoms with Gasteiger partial charge in [-0.2, -0.15) is 0 Å². The number of amides is 2. The number of benzene rings is 2. The molecular formula is C27H27F2N3O2S. The zero-order chi connectivity index (χ0) is 24.4. The average Bonchev–Trinajstić information content (AvgIpc) is 3.19. The van der Waals surface area contributed by atoms with Crippen LogP contribution in [0.1, 0.15) is 38.8 Å². The van der Waals surface area contributed by atoms with Gasteiger partial charge >= 0.3 is 0 Å². The minimum Gasteiger partial charge on any atom is -0.340 e. The Morgan fingerprint density at radius 3 is 2.43 bits per heavy atom. The zero-order valence-electron chi connectivity index (χ0n) is 19.3. The Kier molecular flexibility index (Phi) is 6.92. The molecule has 1 saturated heterocycles. The standard InChI is InChI=1S/C27H27F2N3O2S/c28-21-6-1-4-19(16-21)26-23-9-15-35-24(23)8-12-32(26)18-25(33)30-10-3-11-31(14-13-30)27(34)20-5-2-7-22(29)17-20/h1-2,4-7,9,15-17,26H,3,8,10-14,18H2. The van der Waals surface area contributed by atoms with E-state index < -0.39 is 5.82 Å². The van der Waals surface area contributed by atoms with Crippen LogP contribution in [0.15, 0.2) is 60.0 Å². The molecule has 8 heteroatoms. The van der Waals surface area contributed by atoms with Gasteiger partial charge in [-0.3, -0.25) is 14.5 Å². The van der Waals surface area contributed by atoms with Crippen molar-refractivity contribution >= 4 is 23.2 Å². The molecular weight excluding hydrogens is 468 g/mol. The highest BCUT2D eigenvalue weighted by Crippen LogP contribution is 2.37. The van der Waals surface area contributed by atoms with Crippen molar-refractivity contribution in [2.24, 2.45) is 0 Å². The van der Waals surface area contributed by atoms with Crippen molar-refractivity contribution in [1.82, 2.24) is 14.7 Å². The second-order valence-electron chi connectivity index (χ2n) is 9.01. The molecule has 2 aliphatic rings. The van der Waals surface area contributed by atoms with E-state index in [0.717, 1.165) is 24.1 Å². The summed E-state index contributed by atoms with van der Waals surface area (Å²) in [4.78, 5) is 33.1. The molecule has 0 aliphatic carbocycles. The van der Waals surface area contributed by atoms with Gasteiger partial charge < -0.3 is 9.80 Å². The Balaban J connectivity index is 1.28. The van der Waals surface area contributed by atoms with E-state index in [1.54, 1.807) is 34.4 Å². The minimum absolute atomic E-state index is 0.00476. The molecule has 35 heavy (non-hydrogen) atoms. The minimum atomic E-state index is -0.439. The molecule has 1 unspecified atom stereocenters. The van der Waals surface area contributed by atoms with E-state index in [1.807, 2.05) is 11.0 Å². The lowest BCUT2D eigenvalue weighted by Crippen LogP contribution is -2.45. The molecule has 1 atom stereocenters. The Hall–Kier alpha value is -3.10. The first kappa shape index (κ1) is 23.6. The molecule has 0 saturated carbocycles. The van der Waals surface area contributed by atoms with Crippen LogP contribution in [0.5, 0.6) is 0 Å². The van der Waals surface area contributed by atoms with Crippen LogP contribution in [0.3, 0.4) is 0 Å². The third-order valence-electron chi connectivity index (χ3n) is 6.78. The number of carbonyl (C=O) groups excluding carboxylic acids is 2. The summed E-state index contributed by atoms with van der Waals surface area (Å²) in [5.41, 5.74) is 2.31. The van der Waals surface area contributed by atoms with Crippen molar-refractivity contribution in [2.75, 3.05) is 39.3 Å². The number of hydrogen-bond acceptors (Lipinski definition) is 4. The first-order valence-corrected chi connectivity index (χ1v) is 12.8. The van der Waals surface area contributed by atoms with E-state index in [9.17, 15) is 18.4 Å². The molecule has 1 fully saturated rings. The molecule has 0 spiro atoms. The highest BCUT2D eigenvalue weighted by molar-refractivity contribution is 7.10. The van der Waals surface area contributed by atoms with Crippen molar-refractivity contribution in [2.45, 2.75) is 18.9 Å². The molecule has 0 bridgehead atoms. The summed E-state index contributed by atoms with van der Waals surface area (Å²) in [7, 11) is 0. The van der Waals surface area contributed by atoms with Gasteiger partial charge in [-0.15, -0.1) is 11.3 Å². The predicted octanol–water partition coefficient (Wildman–Crippen LogP) is 4.35. The van der Waals surface area contributed by atoms with Crippen molar-refractivity contribution in [3.05, 3.63) is 93.2 Å². The molecule has 2 amide bonds. The van der Waals surface area contributed by atoms with Crippen LogP contribution >= 0.6 is 11.3 Å². The number of halogens is 2. The summed E-state index contributed by atoms with van der Waals surface area (Å²) in [5.74, 6) is -0.937. The van der Waals surface area contributed by atoms with Crippen molar-refractivity contribution < 1.29 is 18.4 Å². The molecule has 3 heterocycles. The summed E-state index contributed by atoms with van der Waals surface area (Å²) in [6, 6.07) is 14.2. The van der Waals surface area contributed by atoms with E-state index in [4.69, 9.17) is 0 Å². The van der Waals surface area contributed by atoms with E-state index >= 15 is 0 Å². The molecule has 5 nitrogen and oxygen atoms in total. The summed E-state index contributed by atoms with van der Waals surface area (Å²) in [5, 5.41) is 2.06. The van der Waals surface area contributed by atoms with E-state index in [0.29, 0.717) is 38.2 Å². The first-order valence-electron chi connectivity index (χ1n) is 11.9. The fourth-order valence-corrected chi connectivity index (χ4v) is 5.96. The number of nitrogens with zero attached hydrogens (tertiary/aromatic N) is 3. The van der Waals surface area contributed by atoms with Gasteiger partial charge in [0, 0.05) is 43.2 Å². The fraction of sp³-hybridized carbons (Fsp3) is 0.333. The van der Waals surface area contributed by atoms with E-state index in [1.165, 1.54) is 29.1 Å². The number of carbonyl (C=O) groups is 2. The second kappa shape index (κ2) is 10.3. The van der Waals surface area contributed by atoms with Gasteiger partial charge in [0.05, 0.1) is 12.6 Å². The van der Waals surface area contributed by atoms with Gasteiger partial charge in [-0.25, -0.2) is 8.78 Å². The lowest BCUT2D eigenvalue weighted by molar-refractivity contribution is -0.132. The summed E-state index contributed by atoms with van der Waals surface area (Å²) in [6.45, 7) is 2.87. The van der Waals surface area contributed by atoms with Crippen LogP contribution < -0.4 is 0 Å². The van der Waals surface area contributed by atoms with Crippen LogP contribution in [-0.4, -0.2) is 65.8 Å². The summed E-state index contributed by atoms with van der Waals surface area (Å²) >= 11 is 1.70. The predicted molar refractivity (Wildman–Crippen MR) is 131 cm³/mol. The Labute approximate surface area is 207 Å². The molecule has 0 radical (unpaired) electrons. The highest BCUT2D eigenvalue weighted by atomic mass is 32.1.